The third-order valence-corrected chi connectivity index (χ3v) is 3.18. The minimum Gasteiger partial charge on any atom is -0.454 e. The molecule has 0 saturated carbocycles. The lowest BCUT2D eigenvalue weighted by Crippen LogP contribution is -2.16. The number of carbonyl (C=O) groups excluding carboxylic acids is 1. The fourth-order valence-corrected chi connectivity index (χ4v) is 2.10. The third kappa shape index (κ3) is 3.08. The van der Waals surface area contributed by atoms with E-state index in [1.807, 2.05) is 0 Å². The highest BCUT2D eigenvalue weighted by atomic mass is 35.5. The van der Waals surface area contributed by atoms with Gasteiger partial charge in [0.2, 0.25) is 0 Å². The molecule has 2 aromatic heterocycles. The number of rotatable bonds is 5. The van der Waals surface area contributed by atoms with Gasteiger partial charge in [0.15, 0.2) is 5.76 Å². The highest BCUT2D eigenvalue weighted by Crippen LogP contribution is 2.34. The van der Waals surface area contributed by atoms with Crippen LogP contribution in [0.25, 0.3) is 0 Å². The molecule has 10 heteroatoms. The monoisotopic (exact) mass is 339 g/mol. The maximum atomic E-state index is 13.0. The Morgan fingerprint density at radius 2 is 2.05 bits per heavy atom. The molecular weight excluding hydrogens is 330 g/mol. The molecule has 0 aliphatic rings. The van der Waals surface area contributed by atoms with Crippen molar-refractivity contribution in [3.8, 4) is 0 Å². The molecule has 0 aliphatic carbocycles. The van der Waals surface area contributed by atoms with Crippen molar-refractivity contribution in [3.05, 3.63) is 40.1 Å². The van der Waals surface area contributed by atoms with Gasteiger partial charge < -0.3 is 9.73 Å². The summed E-state index contributed by atoms with van der Waals surface area (Å²) < 4.78 is 57.1. The topological polar surface area (TPSA) is 60.1 Å². The molecule has 1 amide bonds. The van der Waals surface area contributed by atoms with Crippen molar-refractivity contribution >= 4 is 17.5 Å². The molecule has 2 heterocycles. The van der Waals surface area contributed by atoms with Gasteiger partial charge in [-0.05, 0) is 12.1 Å². The first kappa shape index (κ1) is 16.3. The Hall–Kier alpha value is -2.03. The molecule has 0 aromatic carbocycles. The van der Waals surface area contributed by atoms with Gasteiger partial charge in [0.1, 0.15) is 17.1 Å². The van der Waals surface area contributed by atoms with Gasteiger partial charge in [0, 0.05) is 7.05 Å². The molecule has 1 N–H and O–H groups in total. The minimum atomic E-state index is -3.08. The summed E-state index contributed by atoms with van der Waals surface area (Å²) in [6.45, 7) is -0.358. The first-order valence-corrected chi connectivity index (χ1v) is 6.36. The average Bonchev–Trinajstić information content (AvgIpc) is 3.03. The molecule has 0 aliphatic heterocycles. The van der Waals surface area contributed by atoms with E-state index >= 15 is 0 Å². The summed E-state index contributed by atoms with van der Waals surface area (Å²) in [7, 11) is 1.39. The summed E-state index contributed by atoms with van der Waals surface area (Å²) in [5, 5.41) is 4.94. The number of carbonyl (C=O) groups is 1. The van der Waals surface area contributed by atoms with E-state index in [1.54, 1.807) is 0 Å². The maximum Gasteiger partial charge on any atom is 0.286 e. The number of hydrogen-bond donors (Lipinski definition) is 1. The fourth-order valence-electron chi connectivity index (χ4n) is 1.80. The standard InChI is InChI=1S/C12H10ClF4N3O2/c1-18-12(21)6-3-2-5(22-6)4-20-9(11(16)17)7(13)8(19-20)10(14)15/h2-3,10-11H,4H2,1H3,(H,18,21). The Kier molecular flexibility index (Phi) is 4.74. The van der Waals surface area contributed by atoms with Gasteiger partial charge in [-0.2, -0.15) is 5.10 Å². The SMILES string of the molecule is CNC(=O)c1ccc(Cn2nc(C(F)F)c(Cl)c2C(F)F)o1. The Morgan fingerprint density at radius 1 is 1.36 bits per heavy atom. The van der Waals surface area contributed by atoms with E-state index < -0.39 is 35.2 Å². The van der Waals surface area contributed by atoms with Crippen LogP contribution in [0.5, 0.6) is 0 Å². The molecule has 0 saturated heterocycles. The highest BCUT2D eigenvalue weighted by molar-refractivity contribution is 6.32. The number of aromatic nitrogens is 2. The van der Waals surface area contributed by atoms with E-state index in [-0.39, 0.29) is 18.1 Å². The number of amides is 1. The van der Waals surface area contributed by atoms with Crippen LogP contribution >= 0.6 is 11.6 Å². The van der Waals surface area contributed by atoms with E-state index in [9.17, 15) is 22.4 Å². The number of nitrogens with one attached hydrogen (secondary N) is 1. The largest absolute Gasteiger partial charge is 0.454 e. The molecule has 2 aromatic rings. The van der Waals surface area contributed by atoms with Gasteiger partial charge in [0.25, 0.3) is 18.8 Å². The second-order valence-electron chi connectivity index (χ2n) is 4.19. The van der Waals surface area contributed by atoms with Crippen molar-refractivity contribution in [2.45, 2.75) is 19.4 Å². The van der Waals surface area contributed by atoms with Crippen molar-refractivity contribution in [3.63, 3.8) is 0 Å². The Labute approximate surface area is 126 Å². The molecule has 120 valence electrons. The smallest absolute Gasteiger partial charge is 0.286 e. The van der Waals surface area contributed by atoms with Crippen LogP contribution in [0.3, 0.4) is 0 Å². The fraction of sp³-hybridized carbons (Fsp3) is 0.333. The van der Waals surface area contributed by atoms with Crippen molar-refractivity contribution < 1.29 is 26.8 Å². The summed E-state index contributed by atoms with van der Waals surface area (Å²) in [5.74, 6) is -0.448. The predicted molar refractivity (Wildman–Crippen MR) is 68.4 cm³/mol. The first-order chi connectivity index (χ1) is 10.3. The summed E-state index contributed by atoms with van der Waals surface area (Å²) >= 11 is 5.53. The molecule has 5 nitrogen and oxygen atoms in total. The Bertz CT molecular complexity index is 684. The molecule has 2 rings (SSSR count). The normalized spacial score (nSPS) is 11.5. The lowest BCUT2D eigenvalue weighted by Gasteiger charge is -2.05. The van der Waals surface area contributed by atoms with Gasteiger partial charge in [-0.1, -0.05) is 11.6 Å². The Morgan fingerprint density at radius 3 is 2.59 bits per heavy atom. The lowest BCUT2D eigenvalue weighted by atomic mass is 10.3. The average molecular weight is 340 g/mol. The van der Waals surface area contributed by atoms with Crippen LogP contribution in [0, 0.1) is 0 Å². The Balaban J connectivity index is 2.34. The van der Waals surface area contributed by atoms with Crippen LogP contribution in [0.2, 0.25) is 5.02 Å². The lowest BCUT2D eigenvalue weighted by molar-refractivity contribution is 0.0933. The van der Waals surface area contributed by atoms with Crippen LogP contribution in [-0.4, -0.2) is 22.7 Å². The molecule has 22 heavy (non-hydrogen) atoms. The third-order valence-electron chi connectivity index (χ3n) is 2.79. The van der Waals surface area contributed by atoms with Gasteiger partial charge in [-0.3, -0.25) is 9.48 Å². The molecule has 0 bridgehead atoms. The first-order valence-electron chi connectivity index (χ1n) is 5.98. The van der Waals surface area contributed by atoms with E-state index in [0.717, 1.165) is 0 Å². The molecule has 0 radical (unpaired) electrons. The van der Waals surface area contributed by atoms with Gasteiger partial charge in [-0.25, -0.2) is 17.6 Å². The molecular formula is C12H10ClF4N3O2. The highest BCUT2D eigenvalue weighted by Gasteiger charge is 2.28. The number of hydrogen-bond acceptors (Lipinski definition) is 3. The van der Waals surface area contributed by atoms with Crippen LogP contribution in [0.4, 0.5) is 17.6 Å². The summed E-state index contributed by atoms with van der Waals surface area (Å²) in [6, 6.07) is 2.69. The zero-order valence-corrected chi connectivity index (χ0v) is 11.9. The van der Waals surface area contributed by atoms with Crippen LogP contribution < -0.4 is 5.32 Å². The molecule has 0 fully saturated rings. The predicted octanol–water partition coefficient (Wildman–Crippen LogP) is 3.41. The number of alkyl halides is 4. The zero-order chi connectivity index (χ0) is 16.4. The van der Waals surface area contributed by atoms with Crippen molar-refractivity contribution in [1.82, 2.24) is 15.1 Å². The quantitative estimate of drug-likeness (QED) is 0.849. The van der Waals surface area contributed by atoms with Crippen molar-refractivity contribution in [2.24, 2.45) is 0 Å². The number of furan rings is 1. The second-order valence-corrected chi connectivity index (χ2v) is 4.57. The van der Waals surface area contributed by atoms with Crippen molar-refractivity contribution in [2.75, 3.05) is 7.05 Å². The second kappa shape index (κ2) is 6.39. The van der Waals surface area contributed by atoms with Crippen LogP contribution in [0.15, 0.2) is 16.5 Å². The summed E-state index contributed by atoms with van der Waals surface area (Å²) in [5.41, 5.74) is -1.75. The van der Waals surface area contributed by atoms with E-state index in [4.69, 9.17) is 16.0 Å². The number of nitrogens with zero attached hydrogens (tertiary/aromatic N) is 2. The zero-order valence-electron chi connectivity index (χ0n) is 11.1. The van der Waals surface area contributed by atoms with E-state index in [1.165, 1.54) is 19.2 Å². The van der Waals surface area contributed by atoms with Gasteiger partial charge in [-0.15, -0.1) is 0 Å². The van der Waals surface area contributed by atoms with Crippen LogP contribution in [0.1, 0.15) is 40.6 Å². The van der Waals surface area contributed by atoms with Gasteiger partial charge >= 0.3 is 0 Å². The van der Waals surface area contributed by atoms with Gasteiger partial charge in [0.05, 0.1) is 11.6 Å². The number of halogens is 5. The summed E-state index contributed by atoms with van der Waals surface area (Å²) in [4.78, 5) is 11.3. The van der Waals surface area contributed by atoms with E-state index in [2.05, 4.69) is 10.4 Å². The minimum absolute atomic E-state index is 0.0385. The van der Waals surface area contributed by atoms with Crippen LogP contribution in [-0.2, 0) is 6.54 Å². The molecule has 0 unspecified atom stereocenters. The van der Waals surface area contributed by atoms with E-state index in [0.29, 0.717) is 4.68 Å². The maximum absolute atomic E-state index is 13.0. The molecule has 0 spiro atoms. The molecule has 0 atom stereocenters. The van der Waals surface area contributed by atoms with Crippen molar-refractivity contribution in [1.29, 1.82) is 0 Å². The summed E-state index contributed by atoms with van der Waals surface area (Å²) in [6.07, 6.45) is -6.16.